The van der Waals surface area contributed by atoms with Crippen LogP contribution < -0.4 is 5.73 Å². The summed E-state index contributed by atoms with van der Waals surface area (Å²) in [5.41, 5.74) is 6.46. The van der Waals surface area contributed by atoms with Gasteiger partial charge in [0.15, 0.2) is 0 Å². The molecule has 1 aromatic carbocycles. The first-order chi connectivity index (χ1) is 6.98. The minimum atomic E-state index is -3.31. The van der Waals surface area contributed by atoms with Crippen LogP contribution >= 0.6 is 12.4 Å². The molecule has 0 saturated heterocycles. The molecule has 0 atom stereocenters. The van der Waals surface area contributed by atoms with E-state index in [-0.39, 0.29) is 12.4 Å². The number of halogens is 1. The summed E-state index contributed by atoms with van der Waals surface area (Å²) in [6, 6.07) is 6.81. The van der Waals surface area contributed by atoms with Crippen molar-refractivity contribution in [3.63, 3.8) is 0 Å². The standard InChI is InChI=1S/C10H16N2O2S.ClH/c1-12(2)15(13,14)10-5-3-9(4-6-10)7-8-11;/h3-6H,7-8,11H2,1-2H3;1H. The zero-order valence-corrected chi connectivity index (χ0v) is 11.0. The van der Waals surface area contributed by atoms with Crippen LogP contribution in [0, 0.1) is 0 Å². The fourth-order valence-electron chi connectivity index (χ4n) is 1.21. The molecular weight excluding hydrogens is 248 g/mol. The molecule has 0 aliphatic rings. The van der Waals surface area contributed by atoms with Crippen molar-refractivity contribution in [2.24, 2.45) is 5.73 Å². The van der Waals surface area contributed by atoms with Crippen LogP contribution in [0.4, 0.5) is 0 Å². The Labute approximate surface area is 103 Å². The van der Waals surface area contributed by atoms with Crippen molar-refractivity contribution in [1.82, 2.24) is 4.31 Å². The lowest BCUT2D eigenvalue weighted by molar-refractivity contribution is 0.520. The van der Waals surface area contributed by atoms with E-state index in [1.165, 1.54) is 18.4 Å². The van der Waals surface area contributed by atoms with Gasteiger partial charge in [0, 0.05) is 14.1 Å². The van der Waals surface area contributed by atoms with Crippen molar-refractivity contribution in [3.8, 4) is 0 Å². The highest BCUT2D eigenvalue weighted by Crippen LogP contribution is 2.13. The van der Waals surface area contributed by atoms with Crippen LogP contribution in [-0.4, -0.2) is 33.4 Å². The van der Waals surface area contributed by atoms with E-state index in [9.17, 15) is 8.42 Å². The maximum absolute atomic E-state index is 11.7. The van der Waals surface area contributed by atoms with Crippen molar-refractivity contribution < 1.29 is 8.42 Å². The molecule has 16 heavy (non-hydrogen) atoms. The van der Waals surface area contributed by atoms with Gasteiger partial charge in [0.1, 0.15) is 0 Å². The van der Waals surface area contributed by atoms with E-state index >= 15 is 0 Å². The second-order valence-electron chi connectivity index (χ2n) is 3.47. The molecular formula is C10H17ClN2O2S. The van der Waals surface area contributed by atoms with Crippen molar-refractivity contribution in [2.75, 3.05) is 20.6 Å². The number of hydrogen-bond donors (Lipinski definition) is 1. The molecule has 2 N–H and O–H groups in total. The largest absolute Gasteiger partial charge is 0.330 e. The van der Waals surface area contributed by atoms with Crippen LogP contribution in [-0.2, 0) is 16.4 Å². The third kappa shape index (κ3) is 3.45. The molecule has 0 radical (unpaired) electrons. The number of rotatable bonds is 4. The second kappa shape index (κ2) is 6.20. The predicted molar refractivity (Wildman–Crippen MR) is 67.3 cm³/mol. The Hall–Kier alpha value is -0.620. The Balaban J connectivity index is 0.00000225. The van der Waals surface area contributed by atoms with Gasteiger partial charge in [0.05, 0.1) is 4.90 Å². The lowest BCUT2D eigenvalue weighted by Crippen LogP contribution is -2.22. The lowest BCUT2D eigenvalue weighted by Gasteiger charge is -2.11. The van der Waals surface area contributed by atoms with Crippen LogP contribution in [0.3, 0.4) is 0 Å². The third-order valence-electron chi connectivity index (χ3n) is 2.13. The smallest absolute Gasteiger partial charge is 0.242 e. The number of nitrogens with two attached hydrogens (primary N) is 1. The van der Waals surface area contributed by atoms with Crippen molar-refractivity contribution in [1.29, 1.82) is 0 Å². The summed E-state index contributed by atoms with van der Waals surface area (Å²) in [4.78, 5) is 0.313. The molecule has 0 unspecified atom stereocenters. The van der Waals surface area contributed by atoms with E-state index in [4.69, 9.17) is 5.73 Å². The SMILES string of the molecule is CN(C)S(=O)(=O)c1ccc(CCN)cc1.Cl. The fourth-order valence-corrected chi connectivity index (χ4v) is 2.11. The van der Waals surface area contributed by atoms with Gasteiger partial charge in [-0.1, -0.05) is 12.1 Å². The quantitative estimate of drug-likeness (QED) is 0.877. The molecule has 1 rings (SSSR count). The first kappa shape index (κ1) is 15.4. The fraction of sp³-hybridized carbons (Fsp3) is 0.400. The molecule has 0 spiro atoms. The monoisotopic (exact) mass is 264 g/mol. The van der Waals surface area contributed by atoms with Gasteiger partial charge in [-0.25, -0.2) is 12.7 Å². The van der Waals surface area contributed by atoms with Gasteiger partial charge >= 0.3 is 0 Å². The Morgan fingerprint density at radius 2 is 1.69 bits per heavy atom. The number of hydrogen-bond acceptors (Lipinski definition) is 3. The first-order valence-electron chi connectivity index (χ1n) is 4.70. The Bertz CT molecular complexity index is 415. The summed E-state index contributed by atoms with van der Waals surface area (Å²) in [5, 5.41) is 0. The zero-order valence-electron chi connectivity index (χ0n) is 9.38. The van der Waals surface area contributed by atoms with E-state index in [1.54, 1.807) is 24.3 Å². The van der Waals surface area contributed by atoms with Crippen LogP contribution in [0.2, 0.25) is 0 Å². The molecule has 0 aliphatic heterocycles. The van der Waals surface area contributed by atoms with E-state index in [0.29, 0.717) is 11.4 Å². The van der Waals surface area contributed by atoms with Gasteiger partial charge in [-0.3, -0.25) is 0 Å². The maximum Gasteiger partial charge on any atom is 0.242 e. The topological polar surface area (TPSA) is 63.4 Å². The van der Waals surface area contributed by atoms with Gasteiger partial charge in [-0.15, -0.1) is 12.4 Å². The summed E-state index contributed by atoms with van der Waals surface area (Å²) >= 11 is 0. The molecule has 0 heterocycles. The number of sulfonamides is 1. The molecule has 0 bridgehead atoms. The molecule has 0 aliphatic carbocycles. The van der Waals surface area contributed by atoms with E-state index < -0.39 is 10.0 Å². The highest BCUT2D eigenvalue weighted by molar-refractivity contribution is 7.89. The molecule has 92 valence electrons. The molecule has 6 heteroatoms. The number of benzene rings is 1. The van der Waals surface area contributed by atoms with Gasteiger partial charge < -0.3 is 5.73 Å². The van der Waals surface area contributed by atoms with Crippen LogP contribution in [0.5, 0.6) is 0 Å². The normalized spacial score (nSPS) is 11.2. The average Bonchev–Trinajstić information content (AvgIpc) is 2.19. The van der Waals surface area contributed by atoms with Gasteiger partial charge in [0.25, 0.3) is 0 Å². The number of nitrogens with zero attached hydrogens (tertiary/aromatic N) is 1. The molecule has 0 saturated carbocycles. The Kier molecular flexibility index (Phi) is 5.96. The summed E-state index contributed by atoms with van der Waals surface area (Å²) in [7, 11) is -0.273. The molecule has 0 amide bonds. The molecule has 1 aromatic rings. The van der Waals surface area contributed by atoms with Crippen LogP contribution in [0.25, 0.3) is 0 Å². The van der Waals surface area contributed by atoms with Crippen molar-refractivity contribution in [3.05, 3.63) is 29.8 Å². The third-order valence-corrected chi connectivity index (χ3v) is 3.96. The maximum atomic E-state index is 11.7. The molecule has 0 aromatic heterocycles. The van der Waals surface area contributed by atoms with E-state index in [0.717, 1.165) is 12.0 Å². The van der Waals surface area contributed by atoms with Crippen LogP contribution in [0.1, 0.15) is 5.56 Å². The predicted octanol–water partition coefficient (Wildman–Crippen LogP) is 0.860. The minimum absolute atomic E-state index is 0. The molecule has 4 nitrogen and oxygen atoms in total. The van der Waals surface area contributed by atoms with Crippen molar-refractivity contribution >= 4 is 22.4 Å². The summed E-state index contributed by atoms with van der Waals surface area (Å²) in [6.45, 7) is 0.569. The van der Waals surface area contributed by atoms with E-state index in [2.05, 4.69) is 0 Å². The Morgan fingerprint density at radius 3 is 2.06 bits per heavy atom. The van der Waals surface area contributed by atoms with Crippen LogP contribution in [0.15, 0.2) is 29.2 Å². The lowest BCUT2D eigenvalue weighted by atomic mass is 10.2. The second-order valence-corrected chi connectivity index (χ2v) is 5.62. The molecule has 0 fully saturated rings. The average molecular weight is 265 g/mol. The van der Waals surface area contributed by atoms with Gasteiger partial charge in [-0.2, -0.15) is 0 Å². The Morgan fingerprint density at radius 1 is 1.19 bits per heavy atom. The summed E-state index contributed by atoms with van der Waals surface area (Å²) in [6.07, 6.45) is 0.766. The minimum Gasteiger partial charge on any atom is -0.330 e. The first-order valence-corrected chi connectivity index (χ1v) is 6.14. The van der Waals surface area contributed by atoms with Gasteiger partial charge in [-0.05, 0) is 30.7 Å². The van der Waals surface area contributed by atoms with Gasteiger partial charge in [0.2, 0.25) is 10.0 Å². The van der Waals surface area contributed by atoms with Crippen molar-refractivity contribution in [2.45, 2.75) is 11.3 Å². The highest BCUT2D eigenvalue weighted by Gasteiger charge is 2.16. The zero-order chi connectivity index (χ0) is 11.5. The summed E-state index contributed by atoms with van der Waals surface area (Å²) < 4.78 is 24.6. The summed E-state index contributed by atoms with van der Waals surface area (Å²) in [5.74, 6) is 0. The highest BCUT2D eigenvalue weighted by atomic mass is 35.5. The van der Waals surface area contributed by atoms with E-state index in [1.807, 2.05) is 0 Å².